The van der Waals surface area contributed by atoms with E-state index in [1.807, 2.05) is 0 Å². The smallest absolute Gasteiger partial charge is 0.0224 e. The van der Waals surface area contributed by atoms with Gasteiger partial charge in [-0.15, -0.1) is 0 Å². The summed E-state index contributed by atoms with van der Waals surface area (Å²) in [6, 6.07) is 0.804. The third-order valence-electron chi connectivity index (χ3n) is 5.45. The van der Waals surface area contributed by atoms with Crippen LogP contribution in [0.4, 0.5) is 0 Å². The van der Waals surface area contributed by atoms with Crippen molar-refractivity contribution >= 4 is 0 Å². The first-order valence-corrected chi connectivity index (χ1v) is 7.95. The van der Waals surface area contributed by atoms with Crippen molar-refractivity contribution in [3.8, 4) is 0 Å². The lowest BCUT2D eigenvalue weighted by atomic mass is 9.84. The zero-order valence-corrected chi connectivity index (χ0v) is 11.9. The number of nitrogens with zero attached hydrogens (tertiary/aromatic N) is 2. The molecule has 0 saturated carbocycles. The minimum absolute atomic E-state index is 0.804. The average molecular weight is 251 g/mol. The van der Waals surface area contributed by atoms with Crippen molar-refractivity contribution in [3.63, 3.8) is 0 Å². The molecule has 104 valence electrons. The summed E-state index contributed by atoms with van der Waals surface area (Å²) in [5, 5.41) is 3.86. The highest BCUT2D eigenvalue weighted by Crippen LogP contribution is 2.27. The molecule has 0 amide bonds. The Balaban J connectivity index is 1.35. The van der Waals surface area contributed by atoms with Crippen LogP contribution in [0.1, 0.15) is 32.1 Å². The van der Waals surface area contributed by atoms with Crippen LogP contribution >= 0.6 is 0 Å². The second-order valence-electron chi connectivity index (χ2n) is 6.73. The van der Waals surface area contributed by atoms with E-state index >= 15 is 0 Å². The van der Waals surface area contributed by atoms with E-state index in [0.717, 1.165) is 17.9 Å². The summed E-state index contributed by atoms with van der Waals surface area (Å²) >= 11 is 0. The first-order valence-electron chi connectivity index (χ1n) is 7.95. The molecule has 0 spiro atoms. The van der Waals surface area contributed by atoms with Gasteiger partial charge in [0.2, 0.25) is 0 Å². The van der Waals surface area contributed by atoms with Crippen molar-refractivity contribution in [2.75, 3.05) is 46.3 Å². The van der Waals surface area contributed by atoms with Gasteiger partial charge < -0.3 is 15.1 Å². The van der Waals surface area contributed by atoms with E-state index in [-0.39, 0.29) is 0 Å². The Morgan fingerprint density at radius 1 is 1.00 bits per heavy atom. The molecule has 4 aliphatic heterocycles. The molecule has 0 aromatic heterocycles. The standard InChI is InChI=1S/C15H29N3/c1-17-8-3-13(4-9-17)2-7-16-15-12-18-10-5-14(15)6-11-18/h13-16H,2-12H2,1H3. The summed E-state index contributed by atoms with van der Waals surface area (Å²) in [4.78, 5) is 5.12. The zero-order chi connectivity index (χ0) is 12.4. The summed E-state index contributed by atoms with van der Waals surface area (Å²) in [6.07, 6.45) is 7.10. The molecule has 18 heavy (non-hydrogen) atoms. The van der Waals surface area contributed by atoms with Gasteiger partial charge in [0.25, 0.3) is 0 Å². The third kappa shape index (κ3) is 3.06. The van der Waals surface area contributed by atoms with Crippen LogP contribution in [0.15, 0.2) is 0 Å². The highest BCUT2D eigenvalue weighted by Gasteiger charge is 2.33. The zero-order valence-electron chi connectivity index (χ0n) is 11.9. The van der Waals surface area contributed by atoms with Gasteiger partial charge >= 0.3 is 0 Å². The summed E-state index contributed by atoms with van der Waals surface area (Å²) < 4.78 is 0. The molecular weight excluding hydrogens is 222 g/mol. The van der Waals surface area contributed by atoms with Crippen molar-refractivity contribution in [3.05, 3.63) is 0 Å². The molecule has 0 aliphatic carbocycles. The van der Waals surface area contributed by atoms with Crippen molar-refractivity contribution in [2.24, 2.45) is 11.8 Å². The van der Waals surface area contributed by atoms with Crippen LogP contribution in [-0.2, 0) is 0 Å². The van der Waals surface area contributed by atoms with Gasteiger partial charge in [-0.1, -0.05) is 0 Å². The van der Waals surface area contributed by atoms with Crippen LogP contribution in [0.2, 0.25) is 0 Å². The summed E-state index contributed by atoms with van der Waals surface area (Å²) in [6.45, 7) is 7.91. The van der Waals surface area contributed by atoms with E-state index in [1.165, 1.54) is 71.4 Å². The monoisotopic (exact) mass is 251 g/mol. The van der Waals surface area contributed by atoms with E-state index in [9.17, 15) is 0 Å². The Morgan fingerprint density at radius 2 is 1.72 bits per heavy atom. The number of hydrogen-bond donors (Lipinski definition) is 1. The molecule has 0 aromatic rings. The summed E-state index contributed by atoms with van der Waals surface area (Å²) in [7, 11) is 2.25. The maximum atomic E-state index is 3.86. The largest absolute Gasteiger partial charge is 0.312 e. The Hall–Kier alpha value is -0.120. The second kappa shape index (κ2) is 5.89. The third-order valence-corrected chi connectivity index (χ3v) is 5.45. The Labute approximate surface area is 112 Å². The maximum Gasteiger partial charge on any atom is 0.0224 e. The Morgan fingerprint density at radius 3 is 2.33 bits per heavy atom. The van der Waals surface area contributed by atoms with E-state index in [0.29, 0.717) is 0 Å². The topological polar surface area (TPSA) is 18.5 Å². The molecule has 3 nitrogen and oxygen atoms in total. The van der Waals surface area contributed by atoms with Crippen molar-refractivity contribution in [2.45, 2.75) is 38.1 Å². The van der Waals surface area contributed by atoms with Crippen LogP contribution in [0.25, 0.3) is 0 Å². The fourth-order valence-electron chi connectivity index (χ4n) is 4.02. The molecule has 4 heterocycles. The van der Waals surface area contributed by atoms with Gasteiger partial charge in [-0.3, -0.25) is 0 Å². The minimum Gasteiger partial charge on any atom is -0.312 e. The first-order chi connectivity index (χ1) is 8.81. The molecule has 4 aliphatic rings. The van der Waals surface area contributed by atoms with Gasteiger partial charge in [0.05, 0.1) is 0 Å². The molecule has 4 saturated heterocycles. The lowest BCUT2D eigenvalue weighted by Crippen LogP contribution is -2.56. The predicted octanol–water partition coefficient (Wildman–Crippen LogP) is 1.40. The highest BCUT2D eigenvalue weighted by atomic mass is 15.2. The van der Waals surface area contributed by atoms with Gasteiger partial charge in [0.1, 0.15) is 0 Å². The molecule has 2 bridgehead atoms. The van der Waals surface area contributed by atoms with Gasteiger partial charge in [0.15, 0.2) is 0 Å². The van der Waals surface area contributed by atoms with Crippen molar-refractivity contribution in [1.29, 1.82) is 0 Å². The Bertz CT molecular complexity index is 252. The predicted molar refractivity (Wildman–Crippen MR) is 75.8 cm³/mol. The normalized spacial score (nSPS) is 38.2. The number of nitrogens with one attached hydrogen (secondary N) is 1. The fourth-order valence-corrected chi connectivity index (χ4v) is 4.02. The fraction of sp³-hybridized carbons (Fsp3) is 1.00. The minimum atomic E-state index is 0.804. The van der Waals surface area contributed by atoms with E-state index in [1.54, 1.807) is 0 Å². The number of rotatable bonds is 4. The lowest BCUT2D eigenvalue weighted by molar-refractivity contribution is 0.0715. The van der Waals surface area contributed by atoms with Gasteiger partial charge in [-0.05, 0) is 83.7 Å². The number of fused-ring (bicyclic) bond motifs is 3. The SMILES string of the molecule is CN1CCC(CCNC2CN3CCC2CC3)CC1. The van der Waals surface area contributed by atoms with Crippen LogP contribution in [0.5, 0.6) is 0 Å². The van der Waals surface area contributed by atoms with Gasteiger partial charge in [-0.2, -0.15) is 0 Å². The summed E-state index contributed by atoms with van der Waals surface area (Å²) in [5.74, 6) is 1.96. The molecule has 0 radical (unpaired) electrons. The van der Waals surface area contributed by atoms with Crippen molar-refractivity contribution < 1.29 is 0 Å². The first kappa shape index (κ1) is 12.9. The highest BCUT2D eigenvalue weighted by molar-refractivity contribution is 4.90. The van der Waals surface area contributed by atoms with E-state index < -0.39 is 0 Å². The summed E-state index contributed by atoms with van der Waals surface area (Å²) in [5.41, 5.74) is 0. The second-order valence-corrected chi connectivity index (χ2v) is 6.73. The molecule has 4 rings (SSSR count). The lowest BCUT2D eigenvalue weighted by Gasteiger charge is -2.45. The number of piperidine rings is 4. The molecule has 1 N–H and O–H groups in total. The molecule has 1 atom stereocenters. The molecular formula is C15H29N3. The molecule has 1 unspecified atom stereocenters. The quantitative estimate of drug-likeness (QED) is 0.815. The average Bonchev–Trinajstić information content (AvgIpc) is 2.42. The van der Waals surface area contributed by atoms with Gasteiger partial charge in [0, 0.05) is 12.6 Å². The van der Waals surface area contributed by atoms with Crippen LogP contribution in [-0.4, -0.2) is 62.2 Å². The van der Waals surface area contributed by atoms with Crippen LogP contribution < -0.4 is 5.32 Å². The van der Waals surface area contributed by atoms with E-state index in [4.69, 9.17) is 0 Å². The van der Waals surface area contributed by atoms with Crippen molar-refractivity contribution in [1.82, 2.24) is 15.1 Å². The molecule has 0 aromatic carbocycles. The van der Waals surface area contributed by atoms with Crippen LogP contribution in [0.3, 0.4) is 0 Å². The molecule has 4 fully saturated rings. The molecule has 3 heteroatoms. The number of likely N-dealkylation sites (tertiary alicyclic amines) is 1. The van der Waals surface area contributed by atoms with E-state index in [2.05, 4.69) is 22.2 Å². The van der Waals surface area contributed by atoms with Crippen LogP contribution in [0, 0.1) is 11.8 Å². The maximum absolute atomic E-state index is 3.86. The number of hydrogen-bond acceptors (Lipinski definition) is 3. The van der Waals surface area contributed by atoms with Gasteiger partial charge in [-0.25, -0.2) is 0 Å². The Kier molecular flexibility index (Phi) is 4.22.